The first kappa shape index (κ1) is 8.31. The summed E-state index contributed by atoms with van der Waals surface area (Å²) >= 11 is 1.69. The third kappa shape index (κ3) is 2.09. The van der Waals surface area contributed by atoms with Gasteiger partial charge in [0.25, 0.3) is 0 Å². The molecule has 13 heavy (non-hydrogen) atoms. The van der Waals surface area contributed by atoms with Crippen LogP contribution in [0.5, 0.6) is 0 Å². The molecule has 0 bridgehead atoms. The van der Waals surface area contributed by atoms with Gasteiger partial charge >= 0.3 is 0 Å². The Morgan fingerprint density at radius 3 is 3.15 bits per heavy atom. The van der Waals surface area contributed by atoms with Gasteiger partial charge in [-0.25, -0.2) is 0 Å². The normalized spacial score (nSPS) is 10.2. The molecule has 0 unspecified atom stereocenters. The molecule has 0 radical (unpaired) electrons. The van der Waals surface area contributed by atoms with Gasteiger partial charge in [0.1, 0.15) is 0 Å². The van der Waals surface area contributed by atoms with Gasteiger partial charge in [-0.3, -0.25) is 0 Å². The Hall–Kier alpha value is -1.29. The van der Waals surface area contributed by atoms with Crippen LogP contribution in [0.15, 0.2) is 27.4 Å². The van der Waals surface area contributed by atoms with E-state index in [2.05, 4.69) is 27.3 Å². The van der Waals surface area contributed by atoms with E-state index < -0.39 is 0 Å². The molecule has 0 aromatic carbocycles. The number of hydrogen-bond acceptors (Lipinski definition) is 4. The molecule has 2 aromatic rings. The highest BCUT2D eigenvalue weighted by Gasteiger charge is 1.99. The lowest BCUT2D eigenvalue weighted by molar-refractivity contribution is 0.427. The van der Waals surface area contributed by atoms with E-state index in [1.54, 1.807) is 11.3 Å². The summed E-state index contributed by atoms with van der Waals surface area (Å²) in [5, 5.41) is 11.1. The molecule has 4 heteroatoms. The fraction of sp³-hybridized carbons (Fsp3) is 0.222. The fourth-order valence-electron chi connectivity index (χ4n) is 1.03. The molecule has 0 aliphatic rings. The van der Waals surface area contributed by atoms with Crippen molar-refractivity contribution in [3.8, 4) is 0 Å². The summed E-state index contributed by atoms with van der Waals surface area (Å²) in [6, 6.07) is 3.97. The number of aryl methyl sites for hydroxylation is 1. The van der Waals surface area contributed by atoms with Crippen molar-refractivity contribution in [2.75, 3.05) is 5.32 Å². The monoisotopic (exact) mass is 194 g/mol. The van der Waals surface area contributed by atoms with Gasteiger partial charge in [-0.15, -0.1) is 0 Å². The van der Waals surface area contributed by atoms with Crippen molar-refractivity contribution in [3.05, 3.63) is 34.2 Å². The van der Waals surface area contributed by atoms with Crippen molar-refractivity contribution < 1.29 is 4.52 Å². The lowest BCUT2D eigenvalue weighted by Gasteiger charge is -1.97. The second kappa shape index (κ2) is 3.62. The molecule has 0 fully saturated rings. The number of thiophene rings is 1. The Kier molecular flexibility index (Phi) is 2.31. The molecule has 0 atom stereocenters. The van der Waals surface area contributed by atoms with E-state index in [0.29, 0.717) is 0 Å². The lowest BCUT2D eigenvalue weighted by Crippen LogP contribution is -1.95. The molecule has 1 N–H and O–H groups in total. The minimum absolute atomic E-state index is 0.726. The molecule has 0 amide bonds. The van der Waals surface area contributed by atoms with Gasteiger partial charge in [0.2, 0.25) is 5.88 Å². The molecule has 0 aliphatic carbocycles. The Labute approximate surface area is 80.4 Å². The predicted molar refractivity (Wildman–Crippen MR) is 52.9 cm³/mol. The number of hydrogen-bond donors (Lipinski definition) is 1. The molecule has 2 heterocycles. The highest BCUT2D eigenvalue weighted by atomic mass is 32.1. The molecule has 0 spiro atoms. The Balaban J connectivity index is 1.93. The predicted octanol–water partition coefficient (Wildman–Crippen LogP) is 2.66. The van der Waals surface area contributed by atoms with Crippen molar-refractivity contribution >= 4 is 17.2 Å². The van der Waals surface area contributed by atoms with Gasteiger partial charge in [-0.1, -0.05) is 5.16 Å². The van der Waals surface area contributed by atoms with Crippen LogP contribution in [0.1, 0.15) is 11.3 Å². The van der Waals surface area contributed by atoms with Crippen molar-refractivity contribution in [1.29, 1.82) is 0 Å². The SMILES string of the molecule is Cc1cc(NCc2ccsc2)on1. The van der Waals surface area contributed by atoms with Gasteiger partial charge in [0.05, 0.1) is 5.69 Å². The number of anilines is 1. The number of rotatable bonds is 3. The van der Waals surface area contributed by atoms with Crippen LogP contribution in [0.25, 0.3) is 0 Å². The van der Waals surface area contributed by atoms with E-state index in [4.69, 9.17) is 4.52 Å². The quantitative estimate of drug-likeness (QED) is 0.816. The summed E-state index contributed by atoms with van der Waals surface area (Å²) in [4.78, 5) is 0. The molecule has 0 aliphatic heterocycles. The molecule has 3 nitrogen and oxygen atoms in total. The van der Waals surface area contributed by atoms with Gasteiger partial charge in [-0.05, 0) is 29.3 Å². The van der Waals surface area contributed by atoms with Gasteiger partial charge in [-0.2, -0.15) is 11.3 Å². The number of nitrogens with one attached hydrogen (secondary N) is 1. The molecule has 2 rings (SSSR count). The summed E-state index contributed by atoms with van der Waals surface area (Å²) in [7, 11) is 0. The van der Waals surface area contributed by atoms with Crippen LogP contribution < -0.4 is 5.32 Å². The van der Waals surface area contributed by atoms with Crippen molar-refractivity contribution in [2.45, 2.75) is 13.5 Å². The summed E-state index contributed by atoms with van der Waals surface area (Å²) < 4.78 is 5.00. The summed E-state index contributed by atoms with van der Waals surface area (Å²) in [5.41, 5.74) is 2.16. The van der Waals surface area contributed by atoms with E-state index in [0.717, 1.165) is 18.1 Å². The van der Waals surface area contributed by atoms with Crippen LogP contribution in [-0.4, -0.2) is 5.16 Å². The maximum Gasteiger partial charge on any atom is 0.225 e. The van der Waals surface area contributed by atoms with Gasteiger partial charge < -0.3 is 9.84 Å². The highest BCUT2D eigenvalue weighted by Crippen LogP contribution is 2.11. The number of nitrogens with zero attached hydrogens (tertiary/aromatic N) is 1. The summed E-state index contributed by atoms with van der Waals surface area (Å²) in [5.74, 6) is 0.726. The van der Waals surface area contributed by atoms with E-state index in [1.165, 1.54) is 5.56 Å². The number of aromatic nitrogens is 1. The zero-order valence-electron chi connectivity index (χ0n) is 7.28. The first-order chi connectivity index (χ1) is 6.34. The Morgan fingerprint density at radius 2 is 2.54 bits per heavy atom. The van der Waals surface area contributed by atoms with E-state index in [9.17, 15) is 0 Å². The van der Waals surface area contributed by atoms with Gasteiger partial charge in [0.15, 0.2) is 0 Å². The van der Waals surface area contributed by atoms with Crippen LogP contribution in [0, 0.1) is 6.92 Å². The minimum atomic E-state index is 0.726. The first-order valence-corrected chi connectivity index (χ1v) is 4.97. The molecule has 0 saturated heterocycles. The van der Waals surface area contributed by atoms with Crippen molar-refractivity contribution in [3.63, 3.8) is 0 Å². The van der Waals surface area contributed by atoms with Crippen LogP contribution in [0.3, 0.4) is 0 Å². The zero-order valence-corrected chi connectivity index (χ0v) is 8.10. The van der Waals surface area contributed by atoms with Crippen LogP contribution in [-0.2, 0) is 6.54 Å². The standard InChI is InChI=1S/C9H10N2OS/c1-7-4-9(12-11-7)10-5-8-2-3-13-6-8/h2-4,6,10H,5H2,1H3. The van der Waals surface area contributed by atoms with E-state index >= 15 is 0 Å². The third-order valence-corrected chi connectivity index (χ3v) is 2.41. The smallest absolute Gasteiger partial charge is 0.225 e. The van der Waals surface area contributed by atoms with E-state index in [-0.39, 0.29) is 0 Å². The van der Waals surface area contributed by atoms with E-state index in [1.807, 2.05) is 13.0 Å². The molecule has 0 saturated carbocycles. The summed E-state index contributed by atoms with van der Waals surface area (Å²) in [6.45, 7) is 2.69. The lowest BCUT2D eigenvalue weighted by atomic mass is 10.3. The molecular weight excluding hydrogens is 184 g/mol. The third-order valence-electron chi connectivity index (χ3n) is 1.67. The average Bonchev–Trinajstić information content (AvgIpc) is 2.71. The molecule has 2 aromatic heterocycles. The molecular formula is C9H10N2OS. The van der Waals surface area contributed by atoms with Crippen molar-refractivity contribution in [2.24, 2.45) is 0 Å². The second-order valence-electron chi connectivity index (χ2n) is 2.82. The van der Waals surface area contributed by atoms with Crippen LogP contribution in [0.4, 0.5) is 5.88 Å². The minimum Gasteiger partial charge on any atom is -0.350 e. The van der Waals surface area contributed by atoms with Gasteiger partial charge in [0, 0.05) is 12.6 Å². The highest BCUT2D eigenvalue weighted by molar-refractivity contribution is 7.07. The van der Waals surface area contributed by atoms with Crippen LogP contribution in [0.2, 0.25) is 0 Å². The summed E-state index contributed by atoms with van der Waals surface area (Å²) in [6.07, 6.45) is 0. The van der Waals surface area contributed by atoms with Crippen LogP contribution >= 0.6 is 11.3 Å². The molecule has 68 valence electrons. The topological polar surface area (TPSA) is 38.1 Å². The largest absolute Gasteiger partial charge is 0.350 e. The maximum absolute atomic E-state index is 5.00. The Morgan fingerprint density at radius 1 is 1.62 bits per heavy atom. The maximum atomic E-state index is 5.00. The first-order valence-electron chi connectivity index (χ1n) is 4.03. The Bertz CT molecular complexity index is 367. The fourth-order valence-corrected chi connectivity index (χ4v) is 1.70. The average molecular weight is 194 g/mol. The zero-order chi connectivity index (χ0) is 9.10. The second-order valence-corrected chi connectivity index (χ2v) is 3.60. The van der Waals surface area contributed by atoms with Crippen molar-refractivity contribution in [1.82, 2.24) is 5.16 Å².